The van der Waals surface area contributed by atoms with Gasteiger partial charge >= 0.3 is 19.5 Å². The molecule has 0 aromatic heterocycles. The Bertz CT molecular complexity index is 9.51. The number of rotatable bonds is 1. The molecule has 0 aromatic rings. The predicted molar refractivity (Wildman–Crippen MR) is 29.9 cm³/mol. The van der Waals surface area contributed by atoms with Crippen LogP contribution in [0.3, 0.4) is 0 Å². The Labute approximate surface area is 80.0 Å². The van der Waals surface area contributed by atoms with Gasteiger partial charge in [-0.2, -0.15) is 0 Å². The summed E-state index contributed by atoms with van der Waals surface area (Å²) in [5.74, 6) is 0. The first-order valence-electron chi connectivity index (χ1n) is 0.500. The van der Waals surface area contributed by atoms with Gasteiger partial charge in [-0.1, -0.05) is 0 Å². The fourth-order valence-electron chi connectivity index (χ4n) is 0. The van der Waals surface area contributed by atoms with E-state index in [0.717, 1.165) is 0 Å². The van der Waals surface area contributed by atoms with Gasteiger partial charge in [-0.25, -0.2) is 0 Å². The predicted octanol–water partition coefficient (Wildman–Crippen LogP) is 1.29. The van der Waals surface area contributed by atoms with Crippen molar-refractivity contribution in [2.75, 3.05) is 0 Å². The molecule has 0 bridgehead atoms. The summed E-state index contributed by atoms with van der Waals surface area (Å²) in [4.78, 5) is 0. The van der Waals surface area contributed by atoms with Crippen LogP contribution in [0, 0.1) is 0 Å². The van der Waals surface area contributed by atoms with Crippen LogP contribution in [0.5, 0.6) is 0 Å². The van der Waals surface area contributed by atoms with Crippen LogP contribution in [0.25, 0.3) is 0 Å². The minimum absolute atomic E-state index is 0. The van der Waals surface area contributed by atoms with E-state index in [-0.39, 0.29) is 38.0 Å². The molecule has 1 radical (unpaired) electrons. The van der Waals surface area contributed by atoms with Crippen LogP contribution in [0.4, 0.5) is 0 Å². The Balaban J connectivity index is -0.0000000450. The molecule has 0 atom stereocenters. The van der Waals surface area contributed by atoms with Crippen molar-refractivity contribution in [2.24, 2.45) is 0 Å². The summed E-state index contributed by atoms with van der Waals surface area (Å²) < 4.78 is 0. The van der Waals surface area contributed by atoms with Gasteiger partial charge < -0.3 is 23.3 Å². The number of hydrogen-bond acceptors (Lipinski definition) is 4. The maximum absolute atomic E-state index is 4.33. The van der Waals surface area contributed by atoms with Gasteiger partial charge in [0.2, 0.25) is 0 Å². The molecule has 31 valence electrons. The van der Waals surface area contributed by atoms with E-state index in [1.54, 1.807) is 0 Å². The zero-order valence-electron chi connectivity index (χ0n) is 2.79. The molecule has 6 heteroatoms. The van der Waals surface area contributed by atoms with Crippen LogP contribution in [-0.4, -0.2) is 0 Å². The molecule has 6 heavy (non-hydrogen) atoms. The largest absolute Gasteiger partial charge is 2.00 e. The fourth-order valence-corrected chi connectivity index (χ4v) is 0. The van der Waals surface area contributed by atoms with Gasteiger partial charge in [-0.3, -0.25) is 19.7 Å². The summed E-state index contributed by atoms with van der Waals surface area (Å²) in [6.07, 6.45) is 0. The van der Waals surface area contributed by atoms with Crippen LogP contribution in [0.2, 0.25) is 0 Å². The number of hydrogen-bond donors (Lipinski definition) is 0. The Hall–Kier alpha value is 2.61. The molecule has 0 aliphatic rings. The van der Waals surface area contributed by atoms with Crippen LogP contribution in [0.15, 0.2) is 0 Å². The molecule has 0 heterocycles. The molecule has 0 spiro atoms. The van der Waals surface area contributed by atoms with Crippen molar-refractivity contribution in [2.45, 2.75) is 0 Å². The molecule has 0 nitrogen and oxygen atoms in total. The topological polar surface area (TPSA) is 0 Å². The normalized spacial score (nSPS) is 5.00. The molecule has 0 unspecified atom stereocenters. The van der Waals surface area contributed by atoms with E-state index in [4.69, 9.17) is 0 Å². The van der Waals surface area contributed by atoms with E-state index < -0.39 is 0 Å². The zero-order valence-corrected chi connectivity index (χ0v) is 10.4. The summed E-state index contributed by atoms with van der Waals surface area (Å²) in [5.41, 5.74) is 0. The Morgan fingerprint density at radius 3 is 1.17 bits per heavy atom. The molecule has 0 aliphatic carbocycles. The first-order valence-corrected chi connectivity index (χ1v) is 4.50. The first-order chi connectivity index (χ1) is 1.91. The van der Waals surface area contributed by atoms with Crippen LogP contribution in [-0.2, 0) is 61.4 Å². The molecule has 0 amide bonds. The summed E-state index contributed by atoms with van der Waals surface area (Å²) in [6, 6.07) is 0. The van der Waals surface area contributed by atoms with Gasteiger partial charge in [0.15, 0.2) is 0 Å². The van der Waals surface area contributed by atoms with Crippen molar-refractivity contribution in [1.29, 1.82) is 0 Å². The second kappa shape index (κ2) is 15.6. The molecular formula is S4VZn. The third-order valence-electron chi connectivity index (χ3n) is 0.0278. The van der Waals surface area contributed by atoms with Gasteiger partial charge in [0.25, 0.3) is 0 Å². The molecule has 0 aliphatic heterocycles. The summed E-state index contributed by atoms with van der Waals surface area (Å²) >= 11 is 8.66. The van der Waals surface area contributed by atoms with E-state index in [2.05, 4.69) is 23.3 Å². The standard InChI is InChI=1S/H2S4.V.Zn/c1-3-4-2;;/h1-2H;;/q;;+2/p-2. The van der Waals surface area contributed by atoms with Gasteiger partial charge in [0, 0.05) is 18.6 Å². The molecule has 0 N–H and O–H groups in total. The second-order valence-corrected chi connectivity index (χ2v) is 3.67. The van der Waals surface area contributed by atoms with E-state index in [1.165, 1.54) is 19.7 Å². The minimum Gasteiger partial charge on any atom is -0.709 e. The quantitative estimate of drug-likeness (QED) is 0.387. The fraction of sp³-hybridized carbons (Fsp3) is 0. The van der Waals surface area contributed by atoms with E-state index >= 15 is 0 Å². The van der Waals surface area contributed by atoms with Gasteiger partial charge in [0.1, 0.15) is 0 Å². The maximum Gasteiger partial charge on any atom is 2.00 e. The Morgan fingerprint density at radius 1 is 1.00 bits per heavy atom. The Kier molecular flexibility index (Phi) is 41.3. The molecular weight excluding hydrogens is 245 g/mol. The van der Waals surface area contributed by atoms with Gasteiger partial charge in [-0.15, -0.1) is 0 Å². The molecule has 0 rings (SSSR count). The summed E-state index contributed by atoms with van der Waals surface area (Å²) in [5, 5.41) is 0. The van der Waals surface area contributed by atoms with E-state index in [1.807, 2.05) is 0 Å². The monoisotopic (exact) mass is 243 g/mol. The SMILES string of the molecule is [S-]SS[S-].[V].[Zn+2]. The first kappa shape index (κ1) is 15.8. The van der Waals surface area contributed by atoms with Crippen LogP contribution >= 0.6 is 19.7 Å². The maximum atomic E-state index is 4.33. The van der Waals surface area contributed by atoms with Crippen molar-refractivity contribution >= 4 is 43.0 Å². The van der Waals surface area contributed by atoms with Gasteiger partial charge in [0.05, 0.1) is 0 Å². The summed E-state index contributed by atoms with van der Waals surface area (Å²) in [7, 11) is 2.34. The average molecular weight is 245 g/mol. The van der Waals surface area contributed by atoms with E-state index in [0.29, 0.717) is 0 Å². The van der Waals surface area contributed by atoms with Gasteiger partial charge in [-0.05, 0) is 0 Å². The van der Waals surface area contributed by atoms with Crippen molar-refractivity contribution in [1.82, 2.24) is 0 Å². The molecule has 0 saturated carbocycles. The molecule has 0 aromatic carbocycles. The minimum atomic E-state index is 0. The molecule has 0 saturated heterocycles. The second-order valence-electron chi connectivity index (χ2n) is 0.136. The van der Waals surface area contributed by atoms with E-state index in [9.17, 15) is 0 Å². The van der Waals surface area contributed by atoms with Crippen molar-refractivity contribution in [3.63, 3.8) is 0 Å². The third-order valence-corrected chi connectivity index (χ3v) is 2.25. The van der Waals surface area contributed by atoms with Crippen LogP contribution in [0.1, 0.15) is 0 Å². The molecule has 0 fully saturated rings. The van der Waals surface area contributed by atoms with Crippen molar-refractivity contribution in [3.8, 4) is 0 Å². The zero-order chi connectivity index (χ0) is 3.41. The van der Waals surface area contributed by atoms with Crippen molar-refractivity contribution < 1.29 is 38.0 Å². The Morgan fingerprint density at radius 2 is 1.17 bits per heavy atom. The van der Waals surface area contributed by atoms with Crippen LogP contribution < -0.4 is 0 Å². The third kappa shape index (κ3) is 16.0. The smallest absolute Gasteiger partial charge is 0.709 e. The van der Waals surface area contributed by atoms with Crippen molar-refractivity contribution in [3.05, 3.63) is 0 Å². The summed E-state index contributed by atoms with van der Waals surface area (Å²) in [6.45, 7) is 0. The average Bonchev–Trinajstić information content (AvgIpc) is 1.37.